The minimum absolute atomic E-state index is 0.263. The van der Waals surface area contributed by atoms with Crippen LogP contribution in [0.2, 0.25) is 0 Å². The van der Waals surface area contributed by atoms with Crippen molar-refractivity contribution >= 4 is 17.0 Å². The molecule has 1 aliphatic rings. The van der Waals surface area contributed by atoms with Crippen LogP contribution in [-0.2, 0) is 22.4 Å². The molecule has 0 amide bonds. The molecule has 0 aliphatic carbocycles. The molecule has 1 atom stereocenters. The highest BCUT2D eigenvalue weighted by molar-refractivity contribution is 5.93. The van der Waals surface area contributed by atoms with Crippen LogP contribution in [-0.4, -0.2) is 35.3 Å². The number of fused-ring (bicyclic) bond motifs is 1. The maximum Gasteiger partial charge on any atom is 0.337 e. The van der Waals surface area contributed by atoms with E-state index in [4.69, 9.17) is 9.47 Å². The van der Waals surface area contributed by atoms with E-state index in [0.29, 0.717) is 5.56 Å². The molecule has 0 N–H and O–H groups in total. The first-order valence-corrected chi connectivity index (χ1v) is 6.92. The van der Waals surface area contributed by atoms with E-state index in [-0.39, 0.29) is 12.1 Å². The van der Waals surface area contributed by atoms with Crippen molar-refractivity contribution in [1.82, 2.24) is 9.55 Å². The van der Waals surface area contributed by atoms with Crippen molar-refractivity contribution in [3.63, 3.8) is 0 Å². The summed E-state index contributed by atoms with van der Waals surface area (Å²) in [5, 5.41) is 0. The van der Waals surface area contributed by atoms with Gasteiger partial charge in [-0.05, 0) is 24.6 Å². The summed E-state index contributed by atoms with van der Waals surface area (Å²) in [4.78, 5) is 16.3. The lowest BCUT2D eigenvalue weighted by Gasteiger charge is -2.27. The van der Waals surface area contributed by atoms with Crippen LogP contribution < -0.4 is 0 Å². The predicted molar refractivity (Wildman–Crippen MR) is 74.8 cm³/mol. The lowest BCUT2D eigenvalue weighted by molar-refractivity contribution is -0.0589. The summed E-state index contributed by atoms with van der Waals surface area (Å²) < 4.78 is 12.4. The maximum atomic E-state index is 11.7. The lowest BCUT2D eigenvalue weighted by Crippen LogP contribution is -2.31. The molecule has 0 spiro atoms. The molecule has 0 saturated carbocycles. The highest BCUT2D eigenvalue weighted by Gasteiger charge is 2.21. The Balaban J connectivity index is 2.05. The fourth-order valence-electron chi connectivity index (χ4n) is 2.52. The molecule has 1 aromatic heterocycles. The topological polar surface area (TPSA) is 53.3 Å². The van der Waals surface area contributed by atoms with E-state index >= 15 is 0 Å². The summed E-state index contributed by atoms with van der Waals surface area (Å²) in [5.41, 5.74) is 2.44. The van der Waals surface area contributed by atoms with E-state index in [1.54, 1.807) is 6.07 Å². The molecule has 1 aromatic carbocycles. The van der Waals surface area contributed by atoms with E-state index in [1.165, 1.54) is 7.11 Å². The SMILES string of the molecule is CCc1nc2ccc(C(=O)OC)cc2n1CC1CCO1. The maximum absolute atomic E-state index is 11.7. The van der Waals surface area contributed by atoms with Crippen LogP contribution in [0.25, 0.3) is 11.0 Å². The second kappa shape index (κ2) is 5.25. The van der Waals surface area contributed by atoms with Crippen molar-refractivity contribution < 1.29 is 14.3 Å². The minimum atomic E-state index is -0.322. The molecular formula is C15H18N2O3. The molecule has 0 bridgehead atoms. The van der Waals surface area contributed by atoms with Crippen LogP contribution in [0.1, 0.15) is 29.5 Å². The number of ether oxygens (including phenoxy) is 2. The molecule has 3 rings (SSSR count). The third-order valence-electron chi connectivity index (χ3n) is 3.74. The number of hydrogen-bond donors (Lipinski definition) is 0. The average molecular weight is 274 g/mol. The standard InChI is InChI=1S/C15H18N2O3/c1-3-14-16-12-5-4-10(15(18)19-2)8-13(12)17(14)9-11-6-7-20-11/h4-5,8,11H,3,6-7,9H2,1-2H3. The number of esters is 1. The molecule has 20 heavy (non-hydrogen) atoms. The molecule has 2 heterocycles. The Kier molecular flexibility index (Phi) is 3.44. The molecule has 2 aromatic rings. The van der Waals surface area contributed by atoms with Crippen LogP contribution in [0.5, 0.6) is 0 Å². The van der Waals surface area contributed by atoms with Gasteiger partial charge in [-0.2, -0.15) is 0 Å². The van der Waals surface area contributed by atoms with E-state index in [1.807, 2.05) is 12.1 Å². The Bertz CT molecular complexity index is 644. The van der Waals surface area contributed by atoms with Crippen molar-refractivity contribution in [2.45, 2.75) is 32.4 Å². The number of imidazole rings is 1. The fraction of sp³-hybridized carbons (Fsp3) is 0.467. The monoisotopic (exact) mass is 274 g/mol. The van der Waals surface area contributed by atoms with E-state index in [9.17, 15) is 4.79 Å². The Morgan fingerprint density at radius 1 is 1.55 bits per heavy atom. The number of benzene rings is 1. The third kappa shape index (κ3) is 2.18. The second-order valence-electron chi connectivity index (χ2n) is 4.97. The summed E-state index contributed by atoms with van der Waals surface area (Å²) in [6.07, 6.45) is 2.20. The largest absolute Gasteiger partial charge is 0.465 e. The van der Waals surface area contributed by atoms with Crippen molar-refractivity contribution in [2.24, 2.45) is 0 Å². The number of nitrogens with zero attached hydrogens (tertiary/aromatic N) is 2. The quantitative estimate of drug-likeness (QED) is 0.802. The zero-order valence-electron chi connectivity index (χ0n) is 11.8. The molecule has 1 saturated heterocycles. The van der Waals surface area contributed by atoms with Crippen LogP contribution in [0.4, 0.5) is 0 Å². The van der Waals surface area contributed by atoms with E-state index < -0.39 is 0 Å². The molecule has 0 radical (unpaired) electrons. The molecule has 1 aliphatic heterocycles. The molecule has 1 unspecified atom stereocenters. The van der Waals surface area contributed by atoms with Gasteiger partial charge in [0.1, 0.15) is 5.82 Å². The van der Waals surface area contributed by atoms with Crippen molar-refractivity contribution in [2.75, 3.05) is 13.7 Å². The van der Waals surface area contributed by atoms with Gasteiger partial charge < -0.3 is 14.0 Å². The molecule has 5 nitrogen and oxygen atoms in total. The summed E-state index contributed by atoms with van der Waals surface area (Å²) in [6, 6.07) is 5.48. The fourth-order valence-corrected chi connectivity index (χ4v) is 2.52. The number of rotatable bonds is 4. The zero-order valence-corrected chi connectivity index (χ0v) is 11.8. The molecule has 1 fully saturated rings. The normalized spacial score (nSPS) is 18.0. The number of carbonyl (C=O) groups excluding carboxylic acids is 1. The van der Waals surface area contributed by atoms with Crippen LogP contribution in [0.15, 0.2) is 18.2 Å². The number of carbonyl (C=O) groups is 1. The van der Waals surface area contributed by atoms with Gasteiger partial charge >= 0.3 is 5.97 Å². The van der Waals surface area contributed by atoms with Gasteiger partial charge in [0.2, 0.25) is 0 Å². The van der Waals surface area contributed by atoms with Gasteiger partial charge in [0.05, 0.1) is 36.4 Å². The van der Waals surface area contributed by atoms with Crippen molar-refractivity contribution in [1.29, 1.82) is 0 Å². The van der Waals surface area contributed by atoms with Gasteiger partial charge in [-0.3, -0.25) is 0 Å². The zero-order chi connectivity index (χ0) is 14.1. The number of aryl methyl sites for hydroxylation is 1. The molecular weight excluding hydrogens is 256 g/mol. The first kappa shape index (κ1) is 13.1. The van der Waals surface area contributed by atoms with Gasteiger partial charge in [0.25, 0.3) is 0 Å². The Labute approximate surface area is 117 Å². The summed E-state index contributed by atoms with van der Waals surface area (Å²) in [6.45, 7) is 3.72. The van der Waals surface area contributed by atoms with Gasteiger partial charge in [-0.15, -0.1) is 0 Å². The number of aromatic nitrogens is 2. The van der Waals surface area contributed by atoms with Gasteiger partial charge in [0.15, 0.2) is 0 Å². The Morgan fingerprint density at radius 3 is 2.95 bits per heavy atom. The van der Waals surface area contributed by atoms with Gasteiger partial charge in [0, 0.05) is 13.0 Å². The molecule has 5 heteroatoms. The first-order chi connectivity index (χ1) is 9.72. The summed E-state index contributed by atoms with van der Waals surface area (Å²) in [5.74, 6) is 0.704. The van der Waals surface area contributed by atoms with Crippen molar-refractivity contribution in [3.8, 4) is 0 Å². The minimum Gasteiger partial charge on any atom is -0.465 e. The van der Waals surface area contributed by atoms with Gasteiger partial charge in [-0.25, -0.2) is 9.78 Å². The lowest BCUT2D eigenvalue weighted by atomic mass is 10.1. The van der Waals surface area contributed by atoms with Gasteiger partial charge in [-0.1, -0.05) is 6.92 Å². The smallest absolute Gasteiger partial charge is 0.337 e. The highest BCUT2D eigenvalue weighted by atomic mass is 16.5. The Hall–Kier alpha value is -1.88. The van der Waals surface area contributed by atoms with E-state index in [2.05, 4.69) is 16.5 Å². The van der Waals surface area contributed by atoms with Crippen LogP contribution in [0, 0.1) is 0 Å². The first-order valence-electron chi connectivity index (χ1n) is 6.92. The summed E-state index contributed by atoms with van der Waals surface area (Å²) >= 11 is 0. The van der Waals surface area contributed by atoms with Crippen molar-refractivity contribution in [3.05, 3.63) is 29.6 Å². The predicted octanol–water partition coefficient (Wildman–Crippen LogP) is 2.17. The second-order valence-corrected chi connectivity index (χ2v) is 4.97. The molecule has 106 valence electrons. The Morgan fingerprint density at radius 2 is 2.35 bits per heavy atom. The number of methoxy groups -OCH3 is 1. The average Bonchev–Trinajstić information content (AvgIpc) is 2.78. The van der Waals surface area contributed by atoms with Crippen LogP contribution in [0.3, 0.4) is 0 Å². The van der Waals surface area contributed by atoms with E-state index in [0.717, 1.165) is 42.9 Å². The summed E-state index contributed by atoms with van der Waals surface area (Å²) in [7, 11) is 1.39. The van der Waals surface area contributed by atoms with Crippen LogP contribution >= 0.6 is 0 Å². The highest BCUT2D eigenvalue weighted by Crippen LogP contribution is 2.22. The number of hydrogen-bond acceptors (Lipinski definition) is 4. The third-order valence-corrected chi connectivity index (χ3v) is 3.74.